The molecule has 40 heavy (non-hydrogen) atoms. The molecular weight excluding hydrogens is 512 g/mol. The average molecular weight is 571 g/mol. The number of aliphatic hydroxyl groups is 1. The van der Waals surface area contributed by atoms with E-state index in [2.05, 4.69) is 24.5 Å². The number of ether oxygens (including phenoxy) is 1. The van der Waals surface area contributed by atoms with Gasteiger partial charge in [0.1, 0.15) is 12.1 Å². The van der Waals surface area contributed by atoms with Crippen molar-refractivity contribution < 1.29 is 34.1 Å². The standard InChI is InChI=1S/C31H58N2O7/c1-3-5-7-9-10-11-12-13-19-23-30(37)40-26(20-16-8-6-4-2)21-17-14-15-18-22-28(35)32-24-29(36)33-27(25-34)31(38)39/h26-27,34H,3-25H2,1-2H3,(H,32,35)(H,33,36)(H,38,39). The number of hydrogen-bond acceptors (Lipinski definition) is 6. The number of hydrogen-bond donors (Lipinski definition) is 4. The molecule has 2 atom stereocenters. The van der Waals surface area contributed by atoms with E-state index in [4.69, 9.17) is 14.9 Å². The summed E-state index contributed by atoms with van der Waals surface area (Å²) in [5, 5.41) is 22.4. The molecule has 0 saturated heterocycles. The van der Waals surface area contributed by atoms with Gasteiger partial charge in [0.05, 0.1) is 13.2 Å². The summed E-state index contributed by atoms with van der Waals surface area (Å²) in [5.74, 6) is -2.34. The minimum Gasteiger partial charge on any atom is -0.480 e. The fourth-order valence-electron chi connectivity index (χ4n) is 4.59. The second-order valence-electron chi connectivity index (χ2n) is 10.9. The monoisotopic (exact) mass is 570 g/mol. The van der Waals surface area contributed by atoms with Crippen LogP contribution in [-0.4, -0.2) is 59.3 Å². The van der Waals surface area contributed by atoms with Crippen molar-refractivity contribution in [2.24, 2.45) is 0 Å². The average Bonchev–Trinajstić information content (AvgIpc) is 2.93. The van der Waals surface area contributed by atoms with Crippen molar-refractivity contribution in [1.29, 1.82) is 0 Å². The van der Waals surface area contributed by atoms with E-state index in [-0.39, 0.29) is 30.9 Å². The number of carbonyl (C=O) groups is 4. The molecule has 0 aliphatic carbocycles. The van der Waals surface area contributed by atoms with E-state index >= 15 is 0 Å². The lowest BCUT2D eigenvalue weighted by molar-refractivity contribution is -0.150. The first kappa shape index (κ1) is 37.8. The predicted molar refractivity (Wildman–Crippen MR) is 158 cm³/mol. The lowest BCUT2D eigenvalue weighted by atomic mass is 10.0. The molecule has 0 spiro atoms. The second kappa shape index (κ2) is 27.0. The maximum absolute atomic E-state index is 12.4. The number of nitrogens with one attached hydrogen (secondary N) is 2. The van der Waals surface area contributed by atoms with E-state index in [1.165, 1.54) is 57.8 Å². The van der Waals surface area contributed by atoms with E-state index in [1.807, 2.05) is 0 Å². The molecule has 0 rings (SSSR count). The van der Waals surface area contributed by atoms with Crippen molar-refractivity contribution in [3.05, 3.63) is 0 Å². The summed E-state index contributed by atoms with van der Waals surface area (Å²) in [6.45, 7) is 3.38. The van der Waals surface area contributed by atoms with Crippen molar-refractivity contribution in [3.8, 4) is 0 Å². The van der Waals surface area contributed by atoms with E-state index in [9.17, 15) is 19.2 Å². The molecule has 0 heterocycles. The van der Waals surface area contributed by atoms with Crippen molar-refractivity contribution in [1.82, 2.24) is 10.6 Å². The van der Waals surface area contributed by atoms with Gasteiger partial charge >= 0.3 is 11.9 Å². The molecule has 0 saturated carbocycles. The Hall–Kier alpha value is -2.16. The SMILES string of the molecule is CCCCCCCCCCCC(=O)OC(CCCCCC)CCCCCCC(=O)NCC(=O)NC(CO)C(=O)O. The van der Waals surface area contributed by atoms with Crippen molar-refractivity contribution in [2.45, 2.75) is 161 Å². The van der Waals surface area contributed by atoms with E-state index < -0.39 is 24.5 Å². The minimum atomic E-state index is -1.38. The quantitative estimate of drug-likeness (QED) is 0.0687. The van der Waals surface area contributed by atoms with Gasteiger partial charge in [-0.15, -0.1) is 0 Å². The van der Waals surface area contributed by atoms with Crippen molar-refractivity contribution in [3.63, 3.8) is 0 Å². The second-order valence-corrected chi connectivity index (χ2v) is 10.9. The normalized spacial score (nSPS) is 12.5. The summed E-state index contributed by atoms with van der Waals surface area (Å²) in [4.78, 5) is 46.9. The third-order valence-electron chi connectivity index (χ3n) is 7.10. The van der Waals surface area contributed by atoms with Gasteiger partial charge in [0.15, 0.2) is 0 Å². The van der Waals surface area contributed by atoms with Crippen LogP contribution in [0.2, 0.25) is 0 Å². The van der Waals surface area contributed by atoms with Gasteiger partial charge in [-0.05, 0) is 38.5 Å². The molecule has 0 aromatic rings. The van der Waals surface area contributed by atoms with Crippen LogP contribution < -0.4 is 10.6 Å². The maximum atomic E-state index is 12.4. The van der Waals surface area contributed by atoms with Gasteiger partial charge in [-0.2, -0.15) is 0 Å². The van der Waals surface area contributed by atoms with E-state index in [1.54, 1.807) is 0 Å². The minimum absolute atomic E-state index is 0.0294. The van der Waals surface area contributed by atoms with Crippen LogP contribution in [0.1, 0.15) is 149 Å². The Morgan fingerprint density at radius 1 is 0.650 bits per heavy atom. The predicted octanol–water partition coefficient (Wildman–Crippen LogP) is 5.81. The Morgan fingerprint density at radius 2 is 1.12 bits per heavy atom. The number of rotatable bonds is 28. The van der Waals surface area contributed by atoms with Gasteiger partial charge in [0, 0.05) is 12.8 Å². The number of unbranched alkanes of at least 4 members (excludes halogenated alkanes) is 14. The van der Waals surface area contributed by atoms with Gasteiger partial charge in [-0.25, -0.2) is 4.79 Å². The summed E-state index contributed by atoms with van der Waals surface area (Å²) in [5.41, 5.74) is 0. The van der Waals surface area contributed by atoms with Crippen LogP contribution in [0.3, 0.4) is 0 Å². The fraction of sp³-hybridized carbons (Fsp3) is 0.871. The van der Waals surface area contributed by atoms with Crippen LogP contribution in [0.5, 0.6) is 0 Å². The van der Waals surface area contributed by atoms with E-state index in [0.29, 0.717) is 12.8 Å². The van der Waals surface area contributed by atoms with Crippen LogP contribution in [0.15, 0.2) is 0 Å². The molecule has 4 N–H and O–H groups in total. The number of carboxylic acids is 1. The molecule has 2 unspecified atom stereocenters. The van der Waals surface area contributed by atoms with E-state index in [0.717, 1.165) is 57.8 Å². The van der Waals surface area contributed by atoms with Gasteiger partial charge in [-0.1, -0.05) is 97.3 Å². The van der Waals surface area contributed by atoms with Crippen LogP contribution in [0.4, 0.5) is 0 Å². The first-order valence-electron chi connectivity index (χ1n) is 15.9. The molecule has 0 bridgehead atoms. The highest BCUT2D eigenvalue weighted by Gasteiger charge is 2.19. The third kappa shape index (κ3) is 23.7. The van der Waals surface area contributed by atoms with Crippen LogP contribution in [0.25, 0.3) is 0 Å². The fourth-order valence-corrected chi connectivity index (χ4v) is 4.59. The smallest absolute Gasteiger partial charge is 0.328 e. The summed E-state index contributed by atoms with van der Waals surface area (Å²) in [6.07, 6.45) is 21.5. The Morgan fingerprint density at radius 3 is 1.65 bits per heavy atom. The van der Waals surface area contributed by atoms with Crippen LogP contribution in [0, 0.1) is 0 Å². The number of amides is 2. The number of carbonyl (C=O) groups excluding carboxylic acids is 3. The molecule has 0 aliphatic rings. The Balaban J connectivity index is 4.10. The number of carboxylic acid groups (broad SMARTS) is 1. The zero-order valence-electron chi connectivity index (χ0n) is 25.4. The molecule has 0 aromatic heterocycles. The maximum Gasteiger partial charge on any atom is 0.328 e. The molecule has 2 amide bonds. The Labute approximate surface area is 242 Å². The Kier molecular flexibility index (Phi) is 25.6. The topological polar surface area (TPSA) is 142 Å². The first-order chi connectivity index (χ1) is 19.3. The number of esters is 1. The highest BCUT2D eigenvalue weighted by molar-refractivity contribution is 5.87. The lowest BCUT2D eigenvalue weighted by Crippen LogP contribution is -2.47. The van der Waals surface area contributed by atoms with Crippen LogP contribution in [-0.2, 0) is 23.9 Å². The van der Waals surface area contributed by atoms with Gasteiger partial charge < -0.3 is 25.6 Å². The lowest BCUT2D eigenvalue weighted by Gasteiger charge is -2.18. The zero-order chi connectivity index (χ0) is 29.8. The van der Waals surface area contributed by atoms with Gasteiger partial charge in [0.25, 0.3) is 0 Å². The van der Waals surface area contributed by atoms with Crippen LogP contribution >= 0.6 is 0 Å². The van der Waals surface area contributed by atoms with Crippen molar-refractivity contribution in [2.75, 3.05) is 13.2 Å². The molecule has 9 nitrogen and oxygen atoms in total. The van der Waals surface area contributed by atoms with Crippen molar-refractivity contribution >= 4 is 23.8 Å². The largest absolute Gasteiger partial charge is 0.480 e. The summed E-state index contributed by atoms with van der Waals surface area (Å²) in [6, 6.07) is -1.38. The molecular formula is C31H58N2O7. The highest BCUT2D eigenvalue weighted by atomic mass is 16.5. The first-order valence-corrected chi connectivity index (χ1v) is 15.9. The highest BCUT2D eigenvalue weighted by Crippen LogP contribution is 2.18. The molecule has 9 heteroatoms. The summed E-state index contributed by atoms with van der Waals surface area (Å²) >= 11 is 0. The molecule has 0 radical (unpaired) electrons. The zero-order valence-corrected chi connectivity index (χ0v) is 25.4. The molecule has 0 aromatic carbocycles. The molecule has 0 aliphatic heterocycles. The summed E-state index contributed by atoms with van der Waals surface area (Å²) < 4.78 is 5.86. The number of aliphatic hydroxyl groups excluding tert-OH is 1. The Bertz CT molecular complexity index is 672. The third-order valence-corrected chi connectivity index (χ3v) is 7.10. The number of aliphatic carboxylic acids is 1. The summed E-state index contributed by atoms with van der Waals surface area (Å²) in [7, 11) is 0. The van der Waals surface area contributed by atoms with Gasteiger partial charge in [-0.3, -0.25) is 14.4 Å². The van der Waals surface area contributed by atoms with Gasteiger partial charge in [0.2, 0.25) is 11.8 Å². The molecule has 234 valence electrons. The molecule has 0 fully saturated rings.